The van der Waals surface area contributed by atoms with Gasteiger partial charge in [-0.05, 0) is 62.2 Å². The van der Waals surface area contributed by atoms with Gasteiger partial charge in [-0.1, -0.05) is 12.8 Å². The van der Waals surface area contributed by atoms with E-state index in [0.717, 1.165) is 18.8 Å². The van der Waals surface area contributed by atoms with E-state index in [4.69, 9.17) is 9.47 Å². The Bertz CT molecular complexity index is 751. The van der Waals surface area contributed by atoms with E-state index in [0.29, 0.717) is 23.7 Å². The molecule has 0 aliphatic carbocycles. The van der Waals surface area contributed by atoms with Crippen molar-refractivity contribution in [1.82, 2.24) is 0 Å². The molecule has 0 atom stereocenters. The van der Waals surface area contributed by atoms with Gasteiger partial charge in [0.2, 0.25) is 0 Å². The smallest absolute Gasteiger partial charge is 0.255 e. The van der Waals surface area contributed by atoms with Crippen LogP contribution in [0.15, 0.2) is 42.5 Å². The lowest BCUT2D eigenvalue weighted by Crippen LogP contribution is -2.23. The van der Waals surface area contributed by atoms with E-state index >= 15 is 0 Å². The number of hydrogen-bond acceptors (Lipinski definition) is 4. The largest absolute Gasteiger partial charge is 0.493 e. The van der Waals surface area contributed by atoms with Gasteiger partial charge < -0.3 is 19.7 Å². The second-order valence-electron chi connectivity index (χ2n) is 6.70. The number of amides is 1. The molecule has 0 saturated carbocycles. The molecule has 0 unspecified atom stereocenters. The second kappa shape index (κ2) is 9.31. The summed E-state index contributed by atoms with van der Waals surface area (Å²) in [5, 5.41) is 2.95. The van der Waals surface area contributed by atoms with Gasteiger partial charge in [0.1, 0.15) is 0 Å². The summed E-state index contributed by atoms with van der Waals surface area (Å²) in [4.78, 5) is 15.0. The third-order valence-electron chi connectivity index (χ3n) is 4.82. The zero-order chi connectivity index (χ0) is 19.1. The van der Waals surface area contributed by atoms with Gasteiger partial charge in [-0.3, -0.25) is 4.79 Å². The summed E-state index contributed by atoms with van der Waals surface area (Å²) in [7, 11) is 1.57. The third-order valence-corrected chi connectivity index (χ3v) is 4.82. The van der Waals surface area contributed by atoms with Crippen LogP contribution in [0.4, 0.5) is 11.4 Å². The molecule has 5 nitrogen and oxygen atoms in total. The molecule has 1 aliphatic rings. The molecule has 144 valence electrons. The van der Waals surface area contributed by atoms with Crippen LogP contribution >= 0.6 is 0 Å². The number of methoxy groups -OCH3 is 1. The van der Waals surface area contributed by atoms with Crippen molar-refractivity contribution in [3.63, 3.8) is 0 Å². The molecule has 0 bridgehead atoms. The highest BCUT2D eigenvalue weighted by molar-refractivity contribution is 6.04. The Kier molecular flexibility index (Phi) is 6.58. The summed E-state index contributed by atoms with van der Waals surface area (Å²) in [5.74, 6) is 1.03. The fraction of sp³-hybridized carbons (Fsp3) is 0.409. The SMILES string of the molecule is CCOc1ccc(C(=O)Nc2ccc(N3CCCCCC3)cc2)cc1OC. The maximum Gasteiger partial charge on any atom is 0.255 e. The van der Waals surface area contributed by atoms with E-state index < -0.39 is 0 Å². The molecule has 1 fully saturated rings. The fourth-order valence-corrected chi connectivity index (χ4v) is 3.37. The lowest BCUT2D eigenvalue weighted by Gasteiger charge is -2.22. The van der Waals surface area contributed by atoms with Crippen molar-refractivity contribution in [1.29, 1.82) is 0 Å². The maximum atomic E-state index is 12.6. The lowest BCUT2D eigenvalue weighted by molar-refractivity contribution is 0.102. The van der Waals surface area contributed by atoms with E-state index in [1.54, 1.807) is 25.3 Å². The van der Waals surface area contributed by atoms with Crippen LogP contribution in [0, 0.1) is 0 Å². The number of benzene rings is 2. The van der Waals surface area contributed by atoms with Crippen molar-refractivity contribution in [2.24, 2.45) is 0 Å². The Morgan fingerprint density at radius 1 is 1.00 bits per heavy atom. The van der Waals surface area contributed by atoms with Crippen molar-refractivity contribution in [2.75, 3.05) is 37.0 Å². The van der Waals surface area contributed by atoms with Crippen LogP contribution in [0.5, 0.6) is 11.5 Å². The Hall–Kier alpha value is -2.69. The van der Waals surface area contributed by atoms with Crippen LogP contribution in [0.1, 0.15) is 43.0 Å². The Balaban J connectivity index is 1.67. The van der Waals surface area contributed by atoms with Crippen molar-refractivity contribution in [3.05, 3.63) is 48.0 Å². The average molecular weight is 368 g/mol. The zero-order valence-electron chi connectivity index (χ0n) is 16.2. The van der Waals surface area contributed by atoms with Gasteiger partial charge in [-0.15, -0.1) is 0 Å². The molecule has 1 amide bonds. The summed E-state index contributed by atoms with van der Waals surface area (Å²) >= 11 is 0. The standard InChI is InChI=1S/C22H28N2O3/c1-3-27-20-13-8-17(16-21(20)26-2)22(25)23-18-9-11-19(12-10-18)24-14-6-4-5-7-15-24/h8-13,16H,3-7,14-15H2,1-2H3,(H,23,25). The lowest BCUT2D eigenvalue weighted by atomic mass is 10.1. The molecule has 1 aliphatic heterocycles. The summed E-state index contributed by atoms with van der Waals surface area (Å²) < 4.78 is 10.8. The Labute approximate surface area is 161 Å². The van der Waals surface area contributed by atoms with Gasteiger partial charge in [-0.2, -0.15) is 0 Å². The number of nitrogens with zero attached hydrogens (tertiary/aromatic N) is 1. The van der Waals surface area contributed by atoms with E-state index in [1.807, 2.05) is 19.1 Å². The first-order valence-corrected chi connectivity index (χ1v) is 9.68. The van der Waals surface area contributed by atoms with E-state index in [9.17, 15) is 4.79 Å². The minimum absolute atomic E-state index is 0.168. The quantitative estimate of drug-likeness (QED) is 0.801. The molecule has 2 aromatic rings. The normalized spacial score (nSPS) is 14.4. The predicted molar refractivity (Wildman–Crippen MR) is 109 cm³/mol. The van der Waals surface area contributed by atoms with Crippen LogP contribution in [-0.4, -0.2) is 32.7 Å². The van der Waals surface area contributed by atoms with Gasteiger partial charge in [0.25, 0.3) is 5.91 Å². The van der Waals surface area contributed by atoms with Crippen molar-refractivity contribution < 1.29 is 14.3 Å². The highest BCUT2D eigenvalue weighted by Crippen LogP contribution is 2.28. The van der Waals surface area contributed by atoms with Crippen LogP contribution in [0.2, 0.25) is 0 Å². The monoisotopic (exact) mass is 368 g/mol. The van der Waals surface area contributed by atoms with Gasteiger partial charge in [0.15, 0.2) is 11.5 Å². The van der Waals surface area contributed by atoms with E-state index in [2.05, 4.69) is 22.3 Å². The number of hydrogen-bond donors (Lipinski definition) is 1. The molecule has 1 N–H and O–H groups in total. The molecule has 27 heavy (non-hydrogen) atoms. The number of carbonyl (C=O) groups excluding carboxylic acids is 1. The summed E-state index contributed by atoms with van der Waals surface area (Å²) in [6.07, 6.45) is 5.13. The van der Waals surface area contributed by atoms with Crippen LogP contribution < -0.4 is 19.7 Å². The second-order valence-corrected chi connectivity index (χ2v) is 6.70. The number of ether oxygens (including phenoxy) is 2. The maximum absolute atomic E-state index is 12.6. The molecule has 0 radical (unpaired) electrons. The van der Waals surface area contributed by atoms with Gasteiger partial charge >= 0.3 is 0 Å². The molecule has 5 heteroatoms. The number of carbonyl (C=O) groups is 1. The molecule has 1 saturated heterocycles. The van der Waals surface area contributed by atoms with Crippen molar-refractivity contribution in [2.45, 2.75) is 32.6 Å². The molecular formula is C22H28N2O3. The summed E-state index contributed by atoms with van der Waals surface area (Å²) in [5.41, 5.74) is 2.54. The number of nitrogens with one attached hydrogen (secondary N) is 1. The molecular weight excluding hydrogens is 340 g/mol. The fourth-order valence-electron chi connectivity index (χ4n) is 3.37. The summed E-state index contributed by atoms with van der Waals surface area (Å²) in [6.45, 7) is 4.68. The highest BCUT2D eigenvalue weighted by Gasteiger charge is 2.13. The van der Waals surface area contributed by atoms with Crippen LogP contribution in [-0.2, 0) is 0 Å². The van der Waals surface area contributed by atoms with E-state index in [1.165, 1.54) is 31.4 Å². The van der Waals surface area contributed by atoms with Gasteiger partial charge in [0, 0.05) is 30.0 Å². The number of anilines is 2. The average Bonchev–Trinajstić information content (AvgIpc) is 2.98. The first kappa shape index (κ1) is 19.1. The van der Waals surface area contributed by atoms with Crippen LogP contribution in [0.3, 0.4) is 0 Å². The molecule has 2 aromatic carbocycles. The third kappa shape index (κ3) is 4.94. The van der Waals surface area contributed by atoms with Gasteiger partial charge in [0.05, 0.1) is 13.7 Å². The first-order chi connectivity index (χ1) is 13.2. The van der Waals surface area contributed by atoms with Crippen molar-refractivity contribution in [3.8, 4) is 11.5 Å². The Morgan fingerprint density at radius 2 is 1.70 bits per heavy atom. The highest BCUT2D eigenvalue weighted by atomic mass is 16.5. The molecule has 1 heterocycles. The van der Waals surface area contributed by atoms with E-state index in [-0.39, 0.29) is 5.91 Å². The minimum atomic E-state index is -0.168. The van der Waals surface area contributed by atoms with Gasteiger partial charge in [-0.25, -0.2) is 0 Å². The predicted octanol–water partition coefficient (Wildman–Crippen LogP) is 4.73. The zero-order valence-corrected chi connectivity index (χ0v) is 16.2. The van der Waals surface area contributed by atoms with Crippen molar-refractivity contribution >= 4 is 17.3 Å². The molecule has 0 aromatic heterocycles. The molecule has 0 spiro atoms. The Morgan fingerprint density at radius 3 is 2.33 bits per heavy atom. The number of rotatable bonds is 6. The summed E-state index contributed by atoms with van der Waals surface area (Å²) in [6, 6.07) is 13.3. The van der Waals surface area contributed by atoms with Crippen LogP contribution in [0.25, 0.3) is 0 Å². The first-order valence-electron chi connectivity index (χ1n) is 9.68. The minimum Gasteiger partial charge on any atom is -0.493 e. The topological polar surface area (TPSA) is 50.8 Å². The molecule has 3 rings (SSSR count).